The van der Waals surface area contributed by atoms with Gasteiger partial charge < -0.3 is 0 Å². The molecule has 1 heterocycles. The Morgan fingerprint density at radius 3 is 2.88 bits per heavy atom. The minimum atomic E-state index is -0.422. The first-order valence-electron chi connectivity index (χ1n) is 4.48. The van der Waals surface area contributed by atoms with Crippen molar-refractivity contribution in [3.05, 3.63) is 48.2 Å². The molecule has 0 spiro atoms. The molecule has 0 fully saturated rings. The zero-order valence-electron chi connectivity index (χ0n) is 8.13. The number of rotatable bonds is 3. The standard InChI is InChI=1S/C11H7FN2OS/c12-9-1-2-10(8(5-9)6-15)16-11-3-4-13-7-14-11/h1-7H. The van der Waals surface area contributed by atoms with Crippen molar-refractivity contribution < 1.29 is 9.18 Å². The first-order valence-corrected chi connectivity index (χ1v) is 5.30. The highest BCUT2D eigenvalue weighted by Crippen LogP contribution is 2.28. The molecule has 80 valence electrons. The number of aromatic nitrogens is 2. The molecule has 0 aliphatic heterocycles. The largest absolute Gasteiger partial charge is 0.298 e. The van der Waals surface area contributed by atoms with Gasteiger partial charge in [0.05, 0.1) is 0 Å². The molecule has 2 rings (SSSR count). The molecular weight excluding hydrogens is 227 g/mol. The van der Waals surface area contributed by atoms with Gasteiger partial charge in [0.2, 0.25) is 0 Å². The smallest absolute Gasteiger partial charge is 0.151 e. The zero-order valence-corrected chi connectivity index (χ0v) is 8.95. The van der Waals surface area contributed by atoms with Crippen LogP contribution in [0.1, 0.15) is 10.4 Å². The highest BCUT2D eigenvalue weighted by atomic mass is 32.2. The van der Waals surface area contributed by atoms with Crippen molar-refractivity contribution in [1.29, 1.82) is 0 Å². The number of carbonyl (C=O) groups excluding carboxylic acids is 1. The monoisotopic (exact) mass is 234 g/mol. The third-order valence-electron chi connectivity index (χ3n) is 1.87. The molecule has 2 aromatic rings. The molecule has 5 heteroatoms. The van der Waals surface area contributed by atoms with Crippen LogP contribution in [0.4, 0.5) is 4.39 Å². The lowest BCUT2D eigenvalue weighted by Crippen LogP contribution is -1.88. The molecule has 0 amide bonds. The molecule has 0 radical (unpaired) electrons. The number of nitrogens with zero attached hydrogens (tertiary/aromatic N) is 2. The second-order valence-corrected chi connectivity index (χ2v) is 4.01. The fraction of sp³-hybridized carbons (Fsp3) is 0. The molecule has 3 nitrogen and oxygen atoms in total. The summed E-state index contributed by atoms with van der Waals surface area (Å²) < 4.78 is 12.9. The summed E-state index contributed by atoms with van der Waals surface area (Å²) in [6.07, 6.45) is 3.67. The van der Waals surface area contributed by atoms with Crippen LogP contribution in [0.15, 0.2) is 46.7 Å². The van der Waals surface area contributed by atoms with Gasteiger partial charge in [-0.15, -0.1) is 0 Å². The Balaban J connectivity index is 2.31. The van der Waals surface area contributed by atoms with Gasteiger partial charge in [-0.05, 0) is 24.3 Å². The van der Waals surface area contributed by atoms with Crippen molar-refractivity contribution in [2.45, 2.75) is 9.92 Å². The molecule has 0 bridgehead atoms. The summed E-state index contributed by atoms with van der Waals surface area (Å²) in [6, 6.07) is 5.81. The van der Waals surface area contributed by atoms with Crippen LogP contribution in [0.3, 0.4) is 0 Å². The van der Waals surface area contributed by atoms with E-state index in [2.05, 4.69) is 9.97 Å². The van der Waals surface area contributed by atoms with Crippen LogP contribution >= 0.6 is 11.8 Å². The minimum absolute atomic E-state index is 0.323. The van der Waals surface area contributed by atoms with Gasteiger partial charge in [-0.25, -0.2) is 14.4 Å². The van der Waals surface area contributed by atoms with Crippen LogP contribution in [-0.2, 0) is 0 Å². The molecule has 1 aromatic carbocycles. The van der Waals surface area contributed by atoms with Gasteiger partial charge in [0, 0.05) is 16.7 Å². The number of benzene rings is 1. The number of halogens is 1. The minimum Gasteiger partial charge on any atom is -0.298 e. The fourth-order valence-electron chi connectivity index (χ4n) is 1.16. The second kappa shape index (κ2) is 4.85. The molecule has 0 N–H and O–H groups in total. The van der Waals surface area contributed by atoms with Crippen molar-refractivity contribution in [3.8, 4) is 0 Å². The Bertz CT molecular complexity index is 505. The van der Waals surface area contributed by atoms with Gasteiger partial charge in [0.25, 0.3) is 0 Å². The van der Waals surface area contributed by atoms with Crippen molar-refractivity contribution in [1.82, 2.24) is 9.97 Å². The first kappa shape index (κ1) is 10.8. The summed E-state index contributed by atoms with van der Waals surface area (Å²) >= 11 is 1.30. The lowest BCUT2D eigenvalue weighted by atomic mass is 10.2. The maximum atomic E-state index is 12.9. The fourth-order valence-corrected chi connectivity index (χ4v) is 1.97. The molecule has 0 aliphatic rings. The summed E-state index contributed by atoms with van der Waals surface area (Å²) in [6.45, 7) is 0. The van der Waals surface area contributed by atoms with Gasteiger partial charge in [-0.1, -0.05) is 11.8 Å². The van der Waals surface area contributed by atoms with Gasteiger partial charge in [0.15, 0.2) is 6.29 Å². The van der Waals surface area contributed by atoms with Crippen molar-refractivity contribution in [2.75, 3.05) is 0 Å². The van der Waals surface area contributed by atoms with Crippen LogP contribution in [0.5, 0.6) is 0 Å². The third-order valence-corrected chi connectivity index (χ3v) is 2.91. The van der Waals surface area contributed by atoms with Crippen molar-refractivity contribution >= 4 is 18.0 Å². The van der Waals surface area contributed by atoms with Crippen LogP contribution in [-0.4, -0.2) is 16.3 Å². The molecule has 0 aliphatic carbocycles. The van der Waals surface area contributed by atoms with Gasteiger partial charge >= 0.3 is 0 Å². The van der Waals surface area contributed by atoms with Crippen LogP contribution in [0.25, 0.3) is 0 Å². The van der Waals surface area contributed by atoms with E-state index in [1.54, 1.807) is 18.3 Å². The van der Waals surface area contributed by atoms with E-state index in [1.807, 2.05) is 0 Å². The van der Waals surface area contributed by atoms with Gasteiger partial charge in [-0.2, -0.15) is 0 Å². The molecule has 0 saturated carbocycles. The quantitative estimate of drug-likeness (QED) is 0.604. The van der Waals surface area contributed by atoms with E-state index < -0.39 is 5.82 Å². The maximum absolute atomic E-state index is 12.9. The molecule has 1 aromatic heterocycles. The molecule has 0 unspecified atom stereocenters. The highest BCUT2D eigenvalue weighted by molar-refractivity contribution is 7.99. The summed E-state index contributed by atoms with van der Waals surface area (Å²) in [5, 5.41) is 0.713. The van der Waals surface area contributed by atoms with Crippen LogP contribution < -0.4 is 0 Å². The number of hydrogen-bond acceptors (Lipinski definition) is 4. The highest BCUT2D eigenvalue weighted by Gasteiger charge is 2.05. The number of hydrogen-bond donors (Lipinski definition) is 0. The zero-order chi connectivity index (χ0) is 11.4. The molecule has 0 atom stereocenters. The summed E-state index contributed by atoms with van der Waals surface area (Å²) in [5.74, 6) is -0.422. The Morgan fingerprint density at radius 2 is 2.19 bits per heavy atom. The van der Waals surface area contributed by atoms with Crippen LogP contribution in [0.2, 0.25) is 0 Å². The molecule has 0 saturated heterocycles. The number of aldehydes is 1. The average Bonchev–Trinajstić information content (AvgIpc) is 2.33. The number of carbonyl (C=O) groups is 1. The van der Waals surface area contributed by atoms with Gasteiger partial charge in [-0.3, -0.25) is 4.79 Å². The Morgan fingerprint density at radius 1 is 1.31 bits per heavy atom. The topological polar surface area (TPSA) is 42.9 Å². The van der Waals surface area contributed by atoms with E-state index in [-0.39, 0.29) is 0 Å². The van der Waals surface area contributed by atoms with Crippen molar-refractivity contribution in [2.24, 2.45) is 0 Å². The van der Waals surface area contributed by atoms with E-state index in [9.17, 15) is 9.18 Å². The SMILES string of the molecule is O=Cc1cc(F)ccc1Sc1ccncn1. The predicted octanol–water partition coefficient (Wildman–Crippen LogP) is 2.58. The third kappa shape index (κ3) is 2.43. The Hall–Kier alpha value is -1.75. The lowest BCUT2D eigenvalue weighted by molar-refractivity contribution is 0.112. The van der Waals surface area contributed by atoms with Gasteiger partial charge in [0.1, 0.15) is 17.2 Å². The average molecular weight is 234 g/mol. The van der Waals surface area contributed by atoms with E-state index >= 15 is 0 Å². The Kier molecular flexibility index (Phi) is 3.26. The summed E-state index contributed by atoms with van der Waals surface area (Å²) in [5.41, 5.74) is 0.323. The molecule has 16 heavy (non-hydrogen) atoms. The Labute approximate surface area is 95.7 Å². The summed E-state index contributed by atoms with van der Waals surface area (Å²) in [7, 11) is 0. The second-order valence-electron chi connectivity index (χ2n) is 2.95. The van der Waals surface area contributed by atoms with E-state index in [0.717, 1.165) is 0 Å². The van der Waals surface area contributed by atoms with Crippen molar-refractivity contribution in [3.63, 3.8) is 0 Å². The maximum Gasteiger partial charge on any atom is 0.151 e. The van der Waals surface area contributed by atoms with E-state index in [4.69, 9.17) is 0 Å². The predicted molar refractivity (Wildman–Crippen MR) is 57.9 cm³/mol. The normalized spacial score (nSPS) is 10.1. The summed E-state index contributed by atoms with van der Waals surface area (Å²) in [4.78, 5) is 19.2. The lowest BCUT2D eigenvalue weighted by Gasteiger charge is -2.03. The molecular formula is C11H7FN2OS. The van der Waals surface area contributed by atoms with Crippen LogP contribution in [0, 0.1) is 5.82 Å². The first-order chi connectivity index (χ1) is 7.79. The van der Waals surface area contributed by atoms with E-state index in [0.29, 0.717) is 21.8 Å². The van der Waals surface area contributed by atoms with E-state index in [1.165, 1.54) is 30.2 Å².